The van der Waals surface area contributed by atoms with Crippen molar-refractivity contribution in [3.05, 3.63) is 52.3 Å². The maximum absolute atomic E-state index is 12.7. The molecule has 1 N–H and O–H groups in total. The van der Waals surface area contributed by atoms with E-state index >= 15 is 0 Å². The van der Waals surface area contributed by atoms with Gasteiger partial charge in [0.15, 0.2) is 0 Å². The Morgan fingerprint density at radius 1 is 1.23 bits per heavy atom. The van der Waals surface area contributed by atoms with E-state index in [-0.39, 0.29) is 5.56 Å². The molecule has 1 aromatic heterocycles. The van der Waals surface area contributed by atoms with Gasteiger partial charge in [-0.25, -0.2) is 0 Å². The summed E-state index contributed by atoms with van der Waals surface area (Å²) < 4.78 is 7.08. The highest BCUT2D eigenvalue weighted by Gasteiger charge is 2.10. The van der Waals surface area contributed by atoms with E-state index in [1.165, 1.54) is 0 Å². The van der Waals surface area contributed by atoms with Crippen molar-refractivity contribution >= 4 is 0 Å². The Bertz CT molecular complexity index is 690. The molecule has 0 aliphatic rings. The third-order valence-corrected chi connectivity index (χ3v) is 3.64. The Hall–Kier alpha value is -2.07. The van der Waals surface area contributed by atoms with Gasteiger partial charge in [-0.1, -0.05) is 32.0 Å². The highest BCUT2D eigenvalue weighted by molar-refractivity contribution is 5.62. The summed E-state index contributed by atoms with van der Waals surface area (Å²) in [5.41, 5.74) is 2.76. The number of aromatic nitrogens is 1. The van der Waals surface area contributed by atoms with E-state index in [9.17, 15) is 4.79 Å². The van der Waals surface area contributed by atoms with Crippen molar-refractivity contribution in [2.45, 2.75) is 39.9 Å². The number of nitrogens with zero attached hydrogens (tertiary/aromatic N) is 1. The SMILES string of the molecule is CCn1c(-c2cccc(OC)c2)ccc(CNC(C)C)c1=O. The number of ether oxygens (including phenoxy) is 1. The smallest absolute Gasteiger partial charge is 0.255 e. The first-order valence-corrected chi connectivity index (χ1v) is 7.67. The van der Waals surface area contributed by atoms with Crippen molar-refractivity contribution in [3.63, 3.8) is 0 Å². The van der Waals surface area contributed by atoms with Gasteiger partial charge in [0.05, 0.1) is 12.8 Å². The van der Waals surface area contributed by atoms with Crippen LogP contribution in [-0.2, 0) is 13.1 Å². The molecule has 0 amide bonds. The lowest BCUT2D eigenvalue weighted by Gasteiger charge is -2.15. The molecule has 1 heterocycles. The van der Waals surface area contributed by atoms with Crippen molar-refractivity contribution in [3.8, 4) is 17.0 Å². The van der Waals surface area contributed by atoms with E-state index in [1.54, 1.807) is 7.11 Å². The fourth-order valence-electron chi connectivity index (χ4n) is 2.42. The Labute approximate surface area is 131 Å². The molecule has 4 nitrogen and oxygen atoms in total. The van der Waals surface area contributed by atoms with Crippen LogP contribution >= 0.6 is 0 Å². The quantitative estimate of drug-likeness (QED) is 0.891. The van der Waals surface area contributed by atoms with Gasteiger partial charge < -0.3 is 14.6 Å². The zero-order chi connectivity index (χ0) is 16.1. The highest BCUT2D eigenvalue weighted by Crippen LogP contribution is 2.23. The highest BCUT2D eigenvalue weighted by atomic mass is 16.5. The van der Waals surface area contributed by atoms with E-state index < -0.39 is 0 Å². The Morgan fingerprint density at radius 3 is 2.64 bits per heavy atom. The number of rotatable bonds is 6. The van der Waals surface area contributed by atoms with E-state index in [1.807, 2.05) is 47.9 Å². The van der Waals surface area contributed by atoms with Crippen LogP contribution in [0.2, 0.25) is 0 Å². The molecule has 0 saturated carbocycles. The van der Waals surface area contributed by atoms with Gasteiger partial charge in [0.25, 0.3) is 5.56 Å². The fraction of sp³-hybridized carbons (Fsp3) is 0.389. The van der Waals surface area contributed by atoms with Crippen molar-refractivity contribution in [1.82, 2.24) is 9.88 Å². The average Bonchev–Trinajstić information content (AvgIpc) is 2.53. The van der Waals surface area contributed by atoms with Gasteiger partial charge in [0.2, 0.25) is 0 Å². The first-order valence-electron chi connectivity index (χ1n) is 7.67. The van der Waals surface area contributed by atoms with Gasteiger partial charge in [-0.15, -0.1) is 0 Å². The summed E-state index contributed by atoms with van der Waals surface area (Å²) in [5.74, 6) is 0.790. The molecule has 0 aliphatic carbocycles. The third-order valence-electron chi connectivity index (χ3n) is 3.64. The third kappa shape index (κ3) is 3.57. The minimum atomic E-state index is 0.0657. The van der Waals surface area contributed by atoms with Crippen LogP contribution in [0.5, 0.6) is 5.75 Å². The number of nitrogens with one attached hydrogen (secondary N) is 1. The van der Waals surface area contributed by atoms with E-state index in [2.05, 4.69) is 19.2 Å². The predicted molar refractivity (Wildman–Crippen MR) is 90.3 cm³/mol. The molecule has 22 heavy (non-hydrogen) atoms. The number of pyridine rings is 1. The number of methoxy groups -OCH3 is 1. The molecule has 2 rings (SSSR count). The van der Waals surface area contributed by atoms with Gasteiger partial charge >= 0.3 is 0 Å². The summed E-state index contributed by atoms with van der Waals surface area (Å²) >= 11 is 0. The largest absolute Gasteiger partial charge is 0.497 e. The average molecular weight is 300 g/mol. The van der Waals surface area contributed by atoms with Crippen LogP contribution in [0.25, 0.3) is 11.3 Å². The van der Waals surface area contributed by atoms with Crippen LogP contribution in [0, 0.1) is 0 Å². The number of hydrogen-bond acceptors (Lipinski definition) is 3. The van der Waals surface area contributed by atoms with Crippen LogP contribution in [-0.4, -0.2) is 17.7 Å². The zero-order valence-electron chi connectivity index (χ0n) is 13.7. The van der Waals surface area contributed by atoms with Crippen molar-refractivity contribution in [2.75, 3.05) is 7.11 Å². The predicted octanol–water partition coefficient (Wildman–Crippen LogP) is 3.04. The van der Waals surface area contributed by atoms with Crippen LogP contribution < -0.4 is 15.6 Å². The second-order valence-corrected chi connectivity index (χ2v) is 5.56. The normalized spacial score (nSPS) is 11.0. The van der Waals surface area contributed by atoms with Crippen LogP contribution in [0.3, 0.4) is 0 Å². The summed E-state index contributed by atoms with van der Waals surface area (Å²) in [4.78, 5) is 12.7. The molecular formula is C18H24N2O2. The maximum atomic E-state index is 12.7. The molecule has 0 aliphatic heterocycles. The van der Waals surface area contributed by atoms with E-state index in [0.29, 0.717) is 19.1 Å². The Kier molecular flexibility index (Phi) is 5.39. The van der Waals surface area contributed by atoms with Crippen molar-refractivity contribution in [1.29, 1.82) is 0 Å². The van der Waals surface area contributed by atoms with E-state index in [4.69, 9.17) is 4.74 Å². The summed E-state index contributed by atoms with van der Waals surface area (Å²) in [5, 5.41) is 3.30. The monoisotopic (exact) mass is 300 g/mol. The van der Waals surface area contributed by atoms with E-state index in [0.717, 1.165) is 22.6 Å². The topological polar surface area (TPSA) is 43.3 Å². The van der Waals surface area contributed by atoms with Crippen molar-refractivity contribution < 1.29 is 4.74 Å². The molecule has 0 saturated heterocycles. The first-order chi connectivity index (χ1) is 10.6. The standard InChI is InChI=1S/C18H24N2O2/c1-5-20-17(14-7-6-8-16(11-14)22-4)10-9-15(18(20)21)12-19-13(2)3/h6-11,13,19H,5,12H2,1-4H3. The number of hydrogen-bond donors (Lipinski definition) is 1. The lowest BCUT2D eigenvalue weighted by molar-refractivity contribution is 0.415. The molecule has 0 unspecified atom stereocenters. The Balaban J connectivity index is 2.44. The van der Waals surface area contributed by atoms with Crippen LogP contribution in [0.4, 0.5) is 0 Å². The molecule has 0 atom stereocenters. The zero-order valence-corrected chi connectivity index (χ0v) is 13.7. The minimum Gasteiger partial charge on any atom is -0.497 e. The fourth-order valence-corrected chi connectivity index (χ4v) is 2.42. The molecule has 118 valence electrons. The lowest BCUT2D eigenvalue weighted by Crippen LogP contribution is -2.30. The second-order valence-electron chi connectivity index (χ2n) is 5.56. The molecule has 1 aromatic carbocycles. The summed E-state index contributed by atoms with van der Waals surface area (Å²) in [6.45, 7) is 7.37. The lowest BCUT2D eigenvalue weighted by atomic mass is 10.1. The Morgan fingerprint density at radius 2 is 2.00 bits per heavy atom. The summed E-state index contributed by atoms with van der Waals surface area (Å²) in [6, 6.07) is 12.1. The van der Waals surface area contributed by atoms with Gasteiger partial charge in [0.1, 0.15) is 5.75 Å². The van der Waals surface area contributed by atoms with Crippen molar-refractivity contribution in [2.24, 2.45) is 0 Å². The van der Waals surface area contributed by atoms with Gasteiger partial charge in [-0.3, -0.25) is 4.79 Å². The molecule has 0 spiro atoms. The summed E-state index contributed by atoms with van der Waals surface area (Å²) in [7, 11) is 1.65. The van der Waals surface area contributed by atoms with Gasteiger partial charge in [-0.2, -0.15) is 0 Å². The molecule has 0 fully saturated rings. The molecular weight excluding hydrogens is 276 g/mol. The molecule has 0 radical (unpaired) electrons. The van der Waals surface area contributed by atoms with Gasteiger partial charge in [-0.05, 0) is 25.1 Å². The van der Waals surface area contributed by atoms with Crippen LogP contribution in [0.1, 0.15) is 26.3 Å². The number of benzene rings is 1. The minimum absolute atomic E-state index is 0.0657. The first kappa shape index (κ1) is 16.3. The molecule has 4 heteroatoms. The molecule has 0 bridgehead atoms. The second kappa shape index (κ2) is 7.27. The summed E-state index contributed by atoms with van der Waals surface area (Å²) in [6.07, 6.45) is 0. The van der Waals surface area contributed by atoms with Gasteiger partial charge in [0, 0.05) is 30.3 Å². The van der Waals surface area contributed by atoms with Crippen LogP contribution in [0.15, 0.2) is 41.2 Å². The maximum Gasteiger partial charge on any atom is 0.255 e. The molecule has 2 aromatic rings.